The van der Waals surface area contributed by atoms with Gasteiger partial charge in [-0.1, -0.05) is 6.07 Å². The van der Waals surface area contributed by atoms with Crippen molar-refractivity contribution in [1.29, 1.82) is 0 Å². The van der Waals surface area contributed by atoms with Crippen molar-refractivity contribution in [2.75, 3.05) is 0 Å². The molecule has 0 aliphatic rings. The molecule has 0 saturated heterocycles. The molecule has 1 heterocycles. The highest BCUT2D eigenvalue weighted by atomic mass is 32.2. The predicted octanol–water partition coefficient (Wildman–Crippen LogP) is 3.64. The maximum atomic E-state index is 5.84. The molecular weight excluding hydrogens is 256 g/mol. The molecule has 0 saturated carbocycles. The van der Waals surface area contributed by atoms with Crippen LogP contribution in [0.4, 0.5) is 0 Å². The molecule has 1 unspecified atom stereocenters. The average molecular weight is 276 g/mol. The molecule has 1 atom stereocenters. The van der Waals surface area contributed by atoms with Crippen LogP contribution >= 0.6 is 11.8 Å². The van der Waals surface area contributed by atoms with Crippen molar-refractivity contribution >= 4 is 11.8 Å². The predicted molar refractivity (Wildman–Crippen MR) is 78.6 cm³/mol. The zero-order valence-electron chi connectivity index (χ0n) is 11.9. The van der Waals surface area contributed by atoms with Crippen molar-refractivity contribution in [3.63, 3.8) is 0 Å². The molecule has 2 rings (SSSR count). The van der Waals surface area contributed by atoms with E-state index in [-0.39, 0.29) is 6.04 Å². The third-order valence-corrected chi connectivity index (χ3v) is 3.91. The van der Waals surface area contributed by atoms with Gasteiger partial charge in [0.1, 0.15) is 5.76 Å². The van der Waals surface area contributed by atoms with Crippen molar-refractivity contribution in [1.82, 2.24) is 4.98 Å². The van der Waals surface area contributed by atoms with Crippen LogP contribution in [0.5, 0.6) is 0 Å². The number of aromatic nitrogens is 1. The molecule has 0 aliphatic carbocycles. The van der Waals surface area contributed by atoms with Gasteiger partial charge >= 0.3 is 0 Å². The van der Waals surface area contributed by atoms with Crippen molar-refractivity contribution in [3.8, 4) is 0 Å². The maximum Gasteiger partial charge on any atom is 0.260 e. The summed E-state index contributed by atoms with van der Waals surface area (Å²) in [5.74, 6) is 0.882. The highest BCUT2D eigenvalue weighted by Gasteiger charge is 2.09. The van der Waals surface area contributed by atoms with Gasteiger partial charge in [-0.3, -0.25) is 0 Å². The van der Waals surface area contributed by atoms with E-state index in [4.69, 9.17) is 10.2 Å². The first-order valence-corrected chi connectivity index (χ1v) is 7.24. The summed E-state index contributed by atoms with van der Waals surface area (Å²) in [4.78, 5) is 5.53. The molecular formula is C15H20N2OS. The molecule has 3 nitrogen and oxygen atoms in total. The third kappa shape index (κ3) is 3.61. The minimum atomic E-state index is 0.189. The maximum absolute atomic E-state index is 5.84. The van der Waals surface area contributed by atoms with Crippen LogP contribution in [-0.4, -0.2) is 11.0 Å². The SMILES string of the molecule is Cc1cc(Sc2nc(C)c(C)o2)ccc1CC(C)N. The molecule has 4 heteroatoms. The van der Waals surface area contributed by atoms with Gasteiger partial charge in [-0.05, 0) is 69.1 Å². The lowest BCUT2D eigenvalue weighted by atomic mass is 10.0. The number of oxazole rings is 1. The van der Waals surface area contributed by atoms with E-state index >= 15 is 0 Å². The first-order chi connectivity index (χ1) is 8.95. The molecule has 0 fully saturated rings. The van der Waals surface area contributed by atoms with E-state index in [0.717, 1.165) is 22.8 Å². The van der Waals surface area contributed by atoms with Crippen LogP contribution < -0.4 is 5.73 Å². The van der Waals surface area contributed by atoms with E-state index in [1.807, 2.05) is 20.8 Å². The van der Waals surface area contributed by atoms with E-state index < -0.39 is 0 Å². The van der Waals surface area contributed by atoms with E-state index in [1.54, 1.807) is 11.8 Å². The largest absolute Gasteiger partial charge is 0.436 e. The van der Waals surface area contributed by atoms with Crippen molar-refractivity contribution < 1.29 is 4.42 Å². The van der Waals surface area contributed by atoms with Crippen LogP contribution in [0.3, 0.4) is 0 Å². The Kier molecular flexibility index (Phi) is 4.32. The first kappa shape index (κ1) is 14.2. The van der Waals surface area contributed by atoms with Crippen LogP contribution in [0.1, 0.15) is 29.5 Å². The van der Waals surface area contributed by atoms with Crippen LogP contribution in [0.25, 0.3) is 0 Å². The second-order valence-corrected chi connectivity index (χ2v) is 6.02. The van der Waals surface area contributed by atoms with Gasteiger partial charge < -0.3 is 10.2 Å². The minimum Gasteiger partial charge on any atom is -0.436 e. The monoisotopic (exact) mass is 276 g/mol. The Bertz CT molecular complexity index is 556. The molecule has 0 bridgehead atoms. The molecule has 0 spiro atoms. The Morgan fingerprint density at radius 2 is 2.05 bits per heavy atom. The van der Waals surface area contributed by atoms with Gasteiger partial charge in [0.15, 0.2) is 0 Å². The Balaban J connectivity index is 2.15. The number of nitrogens with zero attached hydrogens (tertiary/aromatic N) is 1. The minimum absolute atomic E-state index is 0.189. The lowest BCUT2D eigenvalue weighted by Crippen LogP contribution is -2.18. The Hall–Kier alpha value is -1.26. The van der Waals surface area contributed by atoms with E-state index in [9.17, 15) is 0 Å². The summed E-state index contributed by atoms with van der Waals surface area (Å²) < 4.78 is 5.58. The molecule has 1 aromatic carbocycles. The lowest BCUT2D eigenvalue weighted by Gasteiger charge is -2.09. The first-order valence-electron chi connectivity index (χ1n) is 6.42. The highest BCUT2D eigenvalue weighted by Crippen LogP contribution is 2.29. The van der Waals surface area contributed by atoms with Crippen LogP contribution in [0.15, 0.2) is 32.7 Å². The van der Waals surface area contributed by atoms with Crippen molar-refractivity contribution in [3.05, 3.63) is 40.8 Å². The topological polar surface area (TPSA) is 52.0 Å². The number of hydrogen-bond donors (Lipinski definition) is 1. The Morgan fingerprint density at radius 3 is 2.58 bits per heavy atom. The van der Waals surface area contributed by atoms with Crippen LogP contribution in [0.2, 0.25) is 0 Å². The summed E-state index contributed by atoms with van der Waals surface area (Å²) in [6, 6.07) is 6.60. The zero-order valence-corrected chi connectivity index (χ0v) is 12.7. The number of nitrogens with two attached hydrogens (primary N) is 1. The molecule has 19 heavy (non-hydrogen) atoms. The van der Waals surface area contributed by atoms with Gasteiger partial charge in [0.05, 0.1) is 5.69 Å². The second kappa shape index (κ2) is 5.80. The summed E-state index contributed by atoms with van der Waals surface area (Å²) in [5, 5.41) is 0.703. The fourth-order valence-electron chi connectivity index (χ4n) is 1.90. The fraction of sp³-hybridized carbons (Fsp3) is 0.400. The summed E-state index contributed by atoms with van der Waals surface area (Å²) >= 11 is 1.56. The average Bonchev–Trinajstić information content (AvgIpc) is 2.61. The molecule has 0 amide bonds. The van der Waals surface area contributed by atoms with Gasteiger partial charge in [-0.2, -0.15) is 0 Å². The summed E-state index contributed by atoms with van der Waals surface area (Å²) in [6.07, 6.45) is 0.911. The van der Waals surface area contributed by atoms with Gasteiger partial charge in [-0.25, -0.2) is 4.98 Å². The Morgan fingerprint density at radius 1 is 1.32 bits per heavy atom. The number of rotatable bonds is 4. The molecule has 0 radical (unpaired) electrons. The molecule has 1 aromatic heterocycles. The van der Waals surface area contributed by atoms with Crippen LogP contribution in [-0.2, 0) is 6.42 Å². The Labute approximate surface area is 118 Å². The number of aryl methyl sites for hydroxylation is 3. The molecule has 2 N–H and O–H groups in total. The smallest absolute Gasteiger partial charge is 0.260 e. The molecule has 0 aliphatic heterocycles. The zero-order chi connectivity index (χ0) is 14.0. The highest BCUT2D eigenvalue weighted by molar-refractivity contribution is 7.99. The second-order valence-electron chi connectivity index (χ2n) is 4.99. The summed E-state index contributed by atoms with van der Waals surface area (Å²) in [5.41, 5.74) is 9.37. The standard InChI is InChI=1S/C15H20N2OS/c1-9-7-14(6-5-13(9)8-10(2)16)19-15-17-11(3)12(4)18-15/h5-7,10H,8,16H2,1-4H3. The van der Waals surface area contributed by atoms with Gasteiger partial charge in [-0.15, -0.1) is 0 Å². The van der Waals surface area contributed by atoms with E-state index in [0.29, 0.717) is 5.22 Å². The number of hydrogen-bond acceptors (Lipinski definition) is 4. The van der Waals surface area contributed by atoms with Crippen molar-refractivity contribution in [2.45, 2.75) is 50.3 Å². The van der Waals surface area contributed by atoms with Crippen molar-refractivity contribution in [2.24, 2.45) is 5.73 Å². The molecule has 2 aromatic rings. The number of benzene rings is 1. The third-order valence-electron chi connectivity index (χ3n) is 3.07. The fourth-order valence-corrected chi connectivity index (χ4v) is 2.82. The quantitative estimate of drug-likeness (QED) is 0.926. The van der Waals surface area contributed by atoms with Gasteiger partial charge in [0.2, 0.25) is 0 Å². The lowest BCUT2D eigenvalue weighted by molar-refractivity contribution is 0.431. The van der Waals surface area contributed by atoms with E-state index in [1.165, 1.54) is 11.1 Å². The summed E-state index contributed by atoms with van der Waals surface area (Å²) in [7, 11) is 0. The van der Waals surface area contributed by atoms with Crippen LogP contribution in [0, 0.1) is 20.8 Å². The van der Waals surface area contributed by atoms with E-state index in [2.05, 4.69) is 30.1 Å². The van der Waals surface area contributed by atoms with Gasteiger partial charge in [0, 0.05) is 10.9 Å². The summed E-state index contributed by atoms with van der Waals surface area (Å²) in [6.45, 7) is 8.04. The molecule has 102 valence electrons. The van der Waals surface area contributed by atoms with Gasteiger partial charge in [0.25, 0.3) is 5.22 Å². The normalized spacial score (nSPS) is 12.7.